The van der Waals surface area contributed by atoms with E-state index in [2.05, 4.69) is 11.0 Å². The molecular formula is C26H36N2O6. The predicted molar refractivity (Wildman–Crippen MR) is 127 cm³/mol. The number of carboxylic acid groups (broad SMARTS) is 2. The molecule has 2 aliphatic heterocycles. The van der Waals surface area contributed by atoms with E-state index in [0.717, 1.165) is 51.1 Å². The summed E-state index contributed by atoms with van der Waals surface area (Å²) < 4.78 is 0. The van der Waals surface area contributed by atoms with Gasteiger partial charge >= 0.3 is 11.9 Å². The van der Waals surface area contributed by atoms with E-state index in [9.17, 15) is 19.5 Å². The second-order valence-corrected chi connectivity index (χ2v) is 9.56. The highest BCUT2D eigenvalue weighted by Gasteiger charge is 2.31. The van der Waals surface area contributed by atoms with Crippen molar-refractivity contribution in [2.45, 2.75) is 57.6 Å². The van der Waals surface area contributed by atoms with E-state index in [1.165, 1.54) is 37.7 Å². The normalized spacial score (nSPS) is 20.6. The number of aliphatic carboxylic acids is 2. The van der Waals surface area contributed by atoms with E-state index in [-0.39, 0.29) is 12.0 Å². The minimum atomic E-state index is -1.26. The SMILES string of the molecule is O=C(O)C=CC(=O)O.O=C1c2ccccc2CN1CC1CCN(CC(O)C2CCCCC2)CC1. The molecule has 0 bridgehead atoms. The molecule has 2 fully saturated rings. The van der Waals surface area contributed by atoms with Gasteiger partial charge in [-0.2, -0.15) is 0 Å². The van der Waals surface area contributed by atoms with Crippen molar-refractivity contribution in [3.05, 3.63) is 47.5 Å². The molecule has 186 valence electrons. The zero-order valence-corrected chi connectivity index (χ0v) is 19.6. The summed E-state index contributed by atoms with van der Waals surface area (Å²) in [5, 5.41) is 26.2. The second kappa shape index (κ2) is 12.7. The molecule has 8 nitrogen and oxygen atoms in total. The van der Waals surface area contributed by atoms with Crippen molar-refractivity contribution in [1.29, 1.82) is 0 Å². The van der Waals surface area contributed by atoms with E-state index < -0.39 is 11.9 Å². The van der Waals surface area contributed by atoms with Crippen molar-refractivity contribution >= 4 is 17.8 Å². The Morgan fingerprint density at radius 3 is 2.18 bits per heavy atom. The maximum Gasteiger partial charge on any atom is 0.328 e. The summed E-state index contributed by atoms with van der Waals surface area (Å²) in [4.78, 5) is 36.1. The minimum Gasteiger partial charge on any atom is -0.478 e. The molecule has 1 aromatic carbocycles. The lowest BCUT2D eigenvalue weighted by atomic mass is 9.85. The number of carbonyl (C=O) groups is 3. The van der Waals surface area contributed by atoms with Crippen LogP contribution >= 0.6 is 0 Å². The van der Waals surface area contributed by atoms with Crippen molar-refractivity contribution in [3.8, 4) is 0 Å². The number of benzene rings is 1. The van der Waals surface area contributed by atoms with Gasteiger partial charge in [-0.25, -0.2) is 9.59 Å². The molecule has 1 amide bonds. The molecule has 0 radical (unpaired) electrons. The van der Waals surface area contributed by atoms with Gasteiger partial charge in [0.2, 0.25) is 0 Å². The highest BCUT2D eigenvalue weighted by molar-refractivity contribution is 5.98. The van der Waals surface area contributed by atoms with Crippen LogP contribution in [0.2, 0.25) is 0 Å². The Morgan fingerprint density at radius 1 is 0.971 bits per heavy atom. The number of aliphatic hydroxyl groups is 1. The minimum absolute atomic E-state index is 0.151. The number of hydrogen-bond donors (Lipinski definition) is 3. The molecule has 2 heterocycles. The van der Waals surface area contributed by atoms with Crippen LogP contribution in [-0.4, -0.2) is 75.2 Å². The van der Waals surface area contributed by atoms with E-state index in [1.54, 1.807) is 0 Å². The van der Waals surface area contributed by atoms with Gasteiger partial charge in [0.25, 0.3) is 5.91 Å². The number of carboxylic acids is 2. The Morgan fingerprint density at radius 2 is 1.59 bits per heavy atom. The number of likely N-dealkylation sites (tertiary alicyclic amines) is 1. The number of fused-ring (bicyclic) bond motifs is 1. The molecule has 1 saturated heterocycles. The van der Waals surface area contributed by atoms with Crippen LogP contribution in [-0.2, 0) is 16.1 Å². The van der Waals surface area contributed by atoms with Crippen molar-refractivity contribution in [1.82, 2.24) is 9.80 Å². The summed E-state index contributed by atoms with van der Waals surface area (Å²) in [6.07, 6.45) is 9.56. The molecule has 3 aliphatic rings. The maximum absolute atomic E-state index is 12.5. The first kappa shape index (κ1) is 25.9. The maximum atomic E-state index is 12.5. The number of amides is 1. The molecule has 1 aromatic rings. The fourth-order valence-electron chi connectivity index (χ4n) is 5.20. The third kappa shape index (κ3) is 7.67. The Kier molecular flexibility index (Phi) is 9.65. The van der Waals surface area contributed by atoms with Crippen molar-refractivity contribution < 1.29 is 29.7 Å². The number of rotatable bonds is 7. The zero-order chi connectivity index (χ0) is 24.5. The predicted octanol–water partition coefficient (Wildman–Crippen LogP) is 3.01. The topological polar surface area (TPSA) is 118 Å². The molecule has 8 heteroatoms. The van der Waals surface area contributed by atoms with E-state index in [1.807, 2.05) is 23.1 Å². The van der Waals surface area contributed by atoms with E-state index in [0.29, 0.717) is 24.0 Å². The van der Waals surface area contributed by atoms with Gasteiger partial charge in [-0.05, 0) is 62.2 Å². The van der Waals surface area contributed by atoms with Crippen LogP contribution in [0.3, 0.4) is 0 Å². The first-order valence-corrected chi connectivity index (χ1v) is 12.2. The lowest BCUT2D eigenvalue weighted by Crippen LogP contribution is -2.43. The molecule has 4 rings (SSSR count). The van der Waals surface area contributed by atoms with Gasteiger partial charge in [0.15, 0.2) is 0 Å². The average molecular weight is 473 g/mol. The van der Waals surface area contributed by atoms with E-state index in [4.69, 9.17) is 10.2 Å². The standard InChI is InChI=1S/C22H32N2O2.C4H4O4/c25-21(18-6-2-1-3-7-18)16-23-12-10-17(11-13-23)14-24-15-19-8-4-5-9-20(19)22(24)26;5-3(6)1-2-4(7)8/h4-5,8-9,17-18,21,25H,1-3,6-7,10-16H2;1-2H,(H,5,6)(H,7,8). The second-order valence-electron chi connectivity index (χ2n) is 9.56. The fourth-order valence-corrected chi connectivity index (χ4v) is 5.20. The molecule has 1 unspecified atom stereocenters. The van der Waals surface area contributed by atoms with Gasteiger partial charge in [-0.1, -0.05) is 37.5 Å². The quantitative estimate of drug-likeness (QED) is 0.522. The third-order valence-electron chi connectivity index (χ3n) is 7.09. The van der Waals surface area contributed by atoms with Crippen molar-refractivity contribution in [2.75, 3.05) is 26.2 Å². The summed E-state index contributed by atoms with van der Waals surface area (Å²) in [5.74, 6) is -1.20. The summed E-state index contributed by atoms with van der Waals surface area (Å²) >= 11 is 0. The van der Waals surface area contributed by atoms with Crippen LogP contribution in [0, 0.1) is 11.8 Å². The Hall–Kier alpha value is -2.71. The van der Waals surface area contributed by atoms with Gasteiger partial charge in [0.05, 0.1) is 6.10 Å². The summed E-state index contributed by atoms with van der Waals surface area (Å²) in [6.45, 7) is 4.61. The molecule has 0 spiro atoms. The zero-order valence-electron chi connectivity index (χ0n) is 19.6. The molecule has 0 aromatic heterocycles. The third-order valence-corrected chi connectivity index (χ3v) is 7.09. The number of carbonyl (C=O) groups excluding carboxylic acids is 1. The Labute approximate surface area is 200 Å². The molecule has 1 atom stereocenters. The van der Waals surface area contributed by atoms with Gasteiger partial charge in [0, 0.05) is 37.3 Å². The number of hydrogen-bond acceptors (Lipinski definition) is 5. The van der Waals surface area contributed by atoms with Crippen LogP contribution in [0.25, 0.3) is 0 Å². The number of nitrogens with zero attached hydrogens (tertiary/aromatic N) is 2. The van der Waals surface area contributed by atoms with E-state index >= 15 is 0 Å². The number of piperidine rings is 1. The van der Waals surface area contributed by atoms with Gasteiger partial charge in [-0.3, -0.25) is 4.79 Å². The summed E-state index contributed by atoms with van der Waals surface area (Å²) in [5.41, 5.74) is 2.06. The summed E-state index contributed by atoms with van der Waals surface area (Å²) in [6, 6.07) is 8.00. The highest BCUT2D eigenvalue weighted by atomic mass is 16.4. The molecular weight excluding hydrogens is 436 g/mol. The highest BCUT2D eigenvalue weighted by Crippen LogP contribution is 2.29. The van der Waals surface area contributed by atoms with Gasteiger partial charge in [0.1, 0.15) is 0 Å². The number of aliphatic hydroxyl groups excluding tert-OH is 1. The van der Waals surface area contributed by atoms with Gasteiger partial charge in [-0.15, -0.1) is 0 Å². The van der Waals surface area contributed by atoms with Crippen LogP contribution in [0.15, 0.2) is 36.4 Å². The first-order valence-electron chi connectivity index (χ1n) is 12.2. The lowest BCUT2D eigenvalue weighted by Gasteiger charge is -2.36. The molecule has 1 saturated carbocycles. The average Bonchev–Trinajstić information content (AvgIpc) is 3.15. The smallest absolute Gasteiger partial charge is 0.328 e. The van der Waals surface area contributed by atoms with Crippen LogP contribution in [0.4, 0.5) is 0 Å². The molecule has 34 heavy (non-hydrogen) atoms. The Bertz CT molecular complexity index is 856. The van der Waals surface area contributed by atoms with Crippen LogP contribution in [0.5, 0.6) is 0 Å². The monoisotopic (exact) mass is 472 g/mol. The first-order chi connectivity index (χ1) is 16.3. The molecule has 3 N–H and O–H groups in total. The Balaban J connectivity index is 0.000000350. The van der Waals surface area contributed by atoms with Crippen LogP contribution in [0.1, 0.15) is 60.9 Å². The molecule has 1 aliphatic carbocycles. The number of β-amino-alcohol motifs (C(OH)–C–C–N with tert-alkyl or cyclic N) is 1. The van der Waals surface area contributed by atoms with Gasteiger partial charge < -0.3 is 25.1 Å². The fraction of sp³-hybridized carbons (Fsp3) is 0.577. The van der Waals surface area contributed by atoms with Crippen LogP contribution < -0.4 is 0 Å². The van der Waals surface area contributed by atoms with Crippen molar-refractivity contribution in [3.63, 3.8) is 0 Å². The largest absolute Gasteiger partial charge is 0.478 e. The lowest BCUT2D eigenvalue weighted by molar-refractivity contribution is -0.134. The summed E-state index contributed by atoms with van der Waals surface area (Å²) in [7, 11) is 0. The van der Waals surface area contributed by atoms with Crippen molar-refractivity contribution in [2.24, 2.45) is 11.8 Å².